The van der Waals surface area contributed by atoms with Crippen LogP contribution in [0.1, 0.15) is 43.8 Å². The van der Waals surface area contributed by atoms with Crippen molar-refractivity contribution in [1.82, 2.24) is 0 Å². The highest BCUT2D eigenvalue weighted by molar-refractivity contribution is 7.15. The minimum Gasteiger partial charge on any atom is -0.374 e. The van der Waals surface area contributed by atoms with Gasteiger partial charge in [-0.15, -0.1) is 11.3 Å². The van der Waals surface area contributed by atoms with Crippen LogP contribution in [0.15, 0.2) is 176 Å². The van der Waals surface area contributed by atoms with Gasteiger partial charge in [-0.1, -0.05) is 146 Å². The van der Waals surface area contributed by atoms with E-state index in [1.807, 2.05) is 140 Å². The molecule has 0 bridgehead atoms. The standard InChI is InChI=1S/C52H49FO6S/c1-37-22-25-44(30-43(37)31-46-28-29-48(60-46)42-23-26-45(53)27-24-42)52(54)51(58-35-41-20-12-5-13-21-41)50(57-34-40-18-10-4-11-19-40)49(56-33-39-16-8-3-9-17-39)47(59-52)36-55-32-38-14-6-2-7-15-38/h2-30,47,49-51,54H,31-36H2,1H3/t47-,49-,50+,51-,52?/m1/s1. The summed E-state index contributed by atoms with van der Waals surface area (Å²) in [6.45, 7) is 3.28. The Balaban J connectivity index is 1.17. The van der Waals surface area contributed by atoms with Crippen LogP contribution in [0.4, 0.5) is 4.39 Å². The van der Waals surface area contributed by atoms with Crippen molar-refractivity contribution in [1.29, 1.82) is 0 Å². The Kier molecular flexibility index (Phi) is 13.7. The minimum absolute atomic E-state index is 0.118. The van der Waals surface area contributed by atoms with Crippen LogP contribution in [-0.4, -0.2) is 36.1 Å². The van der Waals surface area contributed by atoms with Crippen molar-refractivity contribution >= 4 is 11.3 Å². The molecule has 0 amide bonds. The molecular weight excluding hydrogens is 772 g/mol. The predicted molar refractivity (Wildman–Crippen MR) is 234 cm³/mol. The van der Waals surface area contributed by atoms with E-state index in [2.05, 4.69) is 19.1 Å². The minimum atomic E-state index is -1.99. The molecule has 60 heavy (non-hydrogen) atoms. The summed E-state index contributed by atoms with van der Waals surface area (Å²) in [6, 6.07) is 56.5. The normalized spacial score (nSPS) is 20.2. The summed E-state index contributed by atoms with van der Waals surface area (Å²) in [5, 5.41) is 13.3. The van der Waals surface area contributed by atoms with Crippen molar-refractivity contribution in [2.24, 2.45) is 0 Å². The number of aliphatic hydroxyl groups is 1. The van der Waals surface area contributed by atoms with Crippen LogP contribution in [0.2, 0.25) is 0 Å². The number of benzene rings is 6. The van der Waals surface area contributed by atoms with Crippen molar-refractivity contribution in [3.63, 3.8) is 0 Å². The number of halogens is 1. The maximum absolute atomic E-state index is 13.7. The second kappa shape index (κ2) is 19.8. The zero-order valence-corrected chi connectivity index (χ0v) is 34.4. The molecule has 1 aromatic heterocycles. The lowest BCUT2D eigenvalue weighted by Crippen LogP contribution is -2.65. The molecule has 1 N–H and O–H groups in total. The number of hydrogen-bond donors (Lipinski definition) is 1. The van der Waals surface area contributed by atoms with Gasteiger partial charge in [0.25, 0.3) is 0 Å². The molecule has 1 aliphatic rings. The molecule has 2 heterocycles. The molecule has 8 rings (SSSR count). The summed E-state index contributed by atoms with van der Waals surface area (Å²) in [5.74, 6) is -2.25. The predicted octanol–water partition coefficient (Wildman–Crippen LogP) is 11.0. The maximum atomic E-state index is 13.7. The van der Waals surface area contributed by atoms with E-state index in [0.29, 0.717) is 18.6 Å². The van der Waals surface area contributed by atoms with Gasteiger partial charge in [0, 0.05) is 21.7 Å². The maximum Gasteiger partial charge on any atom is 0.222 e. The smallest absolute Gasteiger partial charge is 0.222 e. The highest BCUT2D eigenvalue weighted by Crippen LogP contribution is 2.43. The number of thiophene rings is 1. The van der Waals surface area contributed by atoms with Gasteiger partial charge in [0.1, 0.15) is 30.2 Å². The third-order valence-electron chi connectivity index (χ3n) is 10.9. The third-order valence-corrected chi connectivity index (χ3v) is 12.0. The summed E-state index contributed by atoms with van der Waals surface area (Å²) in [4.78, 5) is 2.19. The van der Waals surface area contributed by atoms with Gasteiger partial charge in [0.2, 0.25) is 5.79 Å². The molecule has 1 unspecified atom stereocenters. The van der Waals surface area contributed by atoms with Crippen molar-refractivity contribution in [3.8, 4) is 10.4 Å². The van der Waals surface area contributed by atoms with E-state index >= 15 is 0 Å². The van der Waals surface area contributed by atoms with Crippen LogP contribution in [0, 0.1) is 12.7 Å². The lowest BCUT2D eigenvalue weighted by atomic mass is 9.86. The Morgan fingerprint density at radius 2 is 1.13 bits per heavy atom. The zero-order valence-electron chi connectivity index (χ0n) is 33.6. The van der Waals surface area contributed by atoms with Gasteiger partial charge in [-0.2, -0.15) is 0 Å². The van der Waals surface area contributed by atoms with E-state index < -0.39 is 30.2 Å². The van der Waals surface area contributed by atoms with Gasteiger partial charge in [-0.25, -0.2) is 4.39 Å². The highest BCUT2D eigenvalue weighted by Gasteiger charge is 2.57. The summed E-state index contributed by atoms with van der Waals surface area (Å²) in [6.07, 6.45) is -2.68. The molecular formula is C52H49FO6S. The van der Waals surface area contributed by atoms with Gasteiger partial charge < -0.3 is 28.8 Å². The number of rotatable bonds is 17. The number of hydrogen-bond acceptors (Lipinski definition) is 7. The van der Waals surface area contributed by atoms with Crippen molar-refractivity contribution < 1.29 is 33.2 Å². The average Bonchev–Trinajstić information content (AvgIpc) is 3.76. The van der Waals surface area contributed by atoms with E-state index in [1.54, 1.807) is 23.5 Å². The first-order valence-corrected chi connectivity index (χ1v) is 21.2. The Bertz CT molecular complexity index is 2380. The van der Waals surface area contributed by atoms with Gasteiger partial charge in [0.05, 0.1) is 33.0 Å². The van der Waals surface area contributed by atoms with Gasteiger partial charge >= 0.3 is 0 Å². The zero-order chi connectivity index (χ0) is 41.2. The molecule has 5 atom stereocenters. The molecule has 306 valence electrons. The summed E-state index contributed by atoms with van der Waals surface area (Å²) >= 11 is 1.66. The number of ether oxygens (including phenoxy) is 5. The molecule has 6 nitrogen and oxygen atoms in total. The summed E-state index contributed by atoms with van der Waals surface area (Å²) in [7, 11) is 0. The molecule has 6 aromatic carbocycles. The second-order valence-corrected chi connectivity index (χ2v) is 16.4. The molecule has 8 heteroatoms. The molecule has 0 saturated carbocycles. The molecule has 7 aromatic rings. The fourth-order valence-electron chi connectivity index (χ4n) is 7.60. The molecule has 0 aliphatic carbocycles. The molecule has 1 aliphatic heterocycles. The van der Waals surface area contributed by atoms with Gasteiger partial charge in [-0.05, 0) is 76.2 Å². The van der Waals surface area contributed by atoms with Crippen LogP contribution in [0.5, 0.6) is 0 Å². The fourth-order valence-corrected chi connectivity index (χ4v) is 8.64. The topological polar surface area (TPSA) is 66.4 Å². The second-order valence-electron chi connectivity index (χ2n) is 15.2. The van der Waals surface area contributed by atoms with Gasteiger partial charge in [-0.3, -0.25) is 0 Å². The van der Waals surface area contributed by atoms with E-state index in [9.17, 15) is 9.50 Å². The Morgan fingerprint density at radius 1 is 0.600 bits per heavy atom. The first-order chi connectivity index (χ1) is 29.4. The molecule has 0 radical (unpaired) electrons. The molecule has 0 spiro atoms. The molecule has 1 fully saturated rings. The van der Waals surface area contributed by atoms with E-state index in [-0.39, 0.29) is 32.2 Å². The van der Waals surface area contributed by atoms with Crippen molar-refractivity contribution in [2.75, 3.05) is 6.61 Å². The van der Waals surface area contributed by atoms with Crippen LogP contribution in [-0.2, 0) is 62.3 Å². The lowest BCUT2D eigenvalue weighted by Gasteiger charge is -2.50. The summed E-state index contributed by atoms with van der Waals surface area (Å²) < 4.78 is 47.6. The molecule has 1 saturated heterocycles. The quantitative estimate of drug-likeness (QED) is 0.0987. The lowest BCUT2D eigenvalue weighted by molar-refractivity contribution is -0.378. The van der Waals surface area contributed by atoms with Crippen LogP contribution >= 0.6 is 11.3 Å². The Morgan fingerprint density at radius 3 is 1.72 bits per heavy atom. The Labute approximate surface area is 355 Å². The van der Waals surface area contributed by atoms with Crippen molar-refractivity contribution in [3.05, 3.63) is 226 Å². The van der Waals surface area contributed by atoms with Gasteiger partial charge in [0.15, 0.2) is 0 Å². The van der Waals surface area contributed by atoms with Crippen molar-refractivity contribution in [2.45, 2.75) is 70.0 Å². The largest absolute Gasteiger partial charge is 0.374 e. The summed E-state index contributed by atoms with van der Waals surface area (Å²) in [5.41, 5.74) is 7.53. The monoisotopic (exact) mass is 820 g/mol. The van der Waals surface area contributed by atoms with Crippen LogP contribution in [0.25, 0.3) is 10.4 Å². The third kappa shape index (κ3) is 10.3. The first-order valence-electron chi connectivity index (χ1n) is 20.3. The Hall–Kier alpha value is -5.29. The fraction of sp³-hybridized carbons (Fsp3) is 0.231. The van der Waals surface area contributed by atoms with E-state index in [4.69, 9.17) is 23.7 Å². The van der Waals surface area contributed by atoms with E-state index in [1.165, 1.54) is 12.1 Å². The SMILES string of the molecule is Cc1ccc(C2(O)O[C@H](COCc3ccccc3)[C@@H](OCc3ccccc3)[C@H](OCc3ccccc3)[C@H]2OCc2ccccc2)cc1Cc1ccc(-c2ccc(F)cc2)s1. The van der Waals surface area contributed by atoms with Crippen LogP contribution in [0.3, 0.4) is 0 Å². The highest BCUT2D eigenvalue weighted by atomic mass is 32.1. The number of aryl methyl sites for hydroxylation is 1. The average molecular weight is 821 g/mol. The van der Waals surface area contributed by atoms with Crippen LogP contribution < -0.4 is 0 Å². The van der Waals surface area contributed by atoms with E-state index in [0.717, 1.165) is 48.7 Å². The first kappa shape index (κ1) is 41.4.